The number of rotatable bonds is 2. The summed E-state index contributed by atoms with van der Waals surface area (Å²) in [5.41, 5.74) is 2.31. The molecular weight excluding hydrogens is 362 g/mol. The Bertz CT molecular complexity index is 845. The van der Waals surface area contributed by atoms with Crippen LogP contribution in [-0.4, -0.2) is 9.55 Å². The first-order valence-electron chi connectivity index (χ1n) is 6.20. The SMILES string of the molecule is Cc1ccc(-n2c(CCl)nc3cc(F)c(Br)cc32)cc1F. The van der Waals surface area contributed by atoms with E-state index in [0.29, 0.717) is 32.6 Å². The van der Waals surface area contributed by atoms with E-state index >= 15 is 0 Å². The minimum atomic E-state index is -0.400. The van der Waals surface area contributed by atoms with E-state index in [1.165, 1.54) is 12.1 Å². The van der Waals surface area contributed by atoms with Crippen LogP contribution in [-0.2, 0) is 5.88 Å². The summed E-state index contributed by atoms with van der Waals surface area (Å²) >= 11 is 9.08. The fourth-order valence-corrected chi connectivity index (χ4v) is 2.73. The fourth-order valence-electron chi connectivity index (χ4n) is 2.22. The van der Waals surface area contributed by atoms with Crippen molar-refractivity contribution < 1.29 is 8.78 Å². The molecule has 0 radical (unpaired) electrons. The van der Waals surface area contributed by atoms with Crippen LogP contribution >= 0.6 is 27.5 Å². The van der Waals surface area contributed by atoms with Crippen LogP contribution in [0.5, 0.6) is 0 Å². The van der Waals surface area contributed by atoms with Gasteiger partial charge < -0.3 is 0 Å². The molecule has 6 heteroatoms. The molecule has 3 aromatic rings. The molecule has 0 aliphatic carbocycles. The van der Waals surface area contributed by atoms with Gasteiger partial charge in [0, 0.05) is 6.07 Å². The Kier molecular flexibility index (Phi) is 3.71. The Labute approximate surface area is 133 Å². The van der Waals surface area contributed by atoms with Gasteiger partial charge in [0.05, 0.1) is 27.1 Å². The van der Waals surface area contributed by atoms with Crippen molar-refractivity contribution >= 4 is 38.6 Å². The van der Waals surface area contributed by atoms with Crippen molar-refractivity contribution in [3.05, 3.63) is 57.8 Å². The molecule has 3 rings (SSSR count). The zero-order chi connectivity index (χ0) is 15.1. The van der Waals surface area contributed by atoms with Crippen LogP contribution < -0.4 is 0 Å². The van der Waals surface area contributed by atoms with Gasteiger partial charge in [0.25, 0.3) is 0 Å². The van der Waals surface area contributed by atoms with E-state index in [2.05, 4.69) is 20.9 Å². The molecule has 0 N–H and O–H groups in total. The lowest BCUT2D eigenvalue weighted by molar-refractivity contribution is 0.617. The molecule has 0 saturated heterocycles. The van der Waals surface area contributed by atoms with Crippen molar-refractivity contribution in [2.75, 3.05) is 0 Å². The summed E-state index contributed by atoms with van der Waals surface area (Å²) in [6, 6.07) is 7.84. The molecule has 21 heavy (non-hydrogen) atoms. The summed E-state index contributed by atoms with van der Waals surface area (Å²) in [6.45, 7) is 1.69. The summed E-state index contributed by atoms with van der Waals surface area (Å²) in [5.74, 6) is -0.0320. The highest BCUT2D eigenvalue weighted by atomic mass is 79.9. The topological polar surface area (TPSA) is 17.8 Å². The van der Waals surface area contributed by atoms with E-state index in [4.69, 9.17) is 11.6 Å². The quantitative estimate of drug-likeness (QED) is 0.572. The van der Waals surface area contributed by atoms with Crippen molar-refractivity contribution in [1.29, 1.82) is 0 Å². The minimum absolute atomic E-state index is 0.142. The molecule has 0 aliphatic rings. The lowest BCUT2D eigenvalue weighted by atomic mass is 10.2. The summed E-state index contributed by atoms with van der Waals surface area (Å²) < 4.78 is 29.5. The molecule has 0 atom stereocenters. The van der Waals surface area contributed by atoms with Crippen LogP contribution in [0.4, 0.5) is 8.78 Å². The van der Waals surface area contributed by atoms with E-state index in [9.17, 15) is 8.78 Å². The van der Waals surface area contributed by atoms with Crippen molar-refractivity contribution in [3.63, 3.8) is 0 Å². The Morgan fingerprint density at radius 1 is 1.19 bits per heavy atom. The van der Waals surface area contributed by atoms with E-state index < -0.39 is 5.82 Å². The third kappa shape index (κ3) is 2.45. The standard InChI is InChI=1S/C15H10BrClF2N2/c1-8-2-3-9(4-11(8)18)21-14-5-10(16)12(19)6-13(14)20-15(21)7-17/h2-6H,7H2,1H3. The Morgan fingerprint density at radius 2 is 1.95 bits per heavy atom. The first-order chi connectivity index (χ1) is 10.0. The van der Waals surface area contributed by atoms with Gasteiger partial charge in [-0.05, 0) is 46.6 Å². The summed E-state index contributed by atoms with van der Waals surface area (Å²) in [6.07, 6.45) is 0. The second-order valence-corrected chi connectivity index (χ2v) is 5.81. The number of fused-ring (bicyclic) bond motifs is 1. The predicted octanol–water partition coefficient (Wildman–Crippen LogP) is 5.11. The number of hydrogen-bond donors (Lipinski definition) is 0. The Balaban J connectivity index is 2.34. The van der Waals surface area contributed by atoms with Crippen LogP contribution in [0.15, 0.2) is 34.8 Å². The monoisotopic (exact) mass is 370 g/mol. The molecule has 0 aliphatic heterocycles. The third-order valence-electron chi connectivity index (χ3n) is 3.30. The summed E-state index contributed by atoms with van der Waals surface area (Å²) in [5, 5.41) is 0. The van der Waals surface area contributed by atoms with Crippen molar-refractivity contribution in [3.8, 4) is 5.69 Å². The molecule has 108 valence electrons. The number of nitrogens with zero attached hydrogens (tertiary/aromatic N) is 2. The highest BCUT2D eigenvalue weighted by Crippen LogP contribution is 2.28. The van der Waals surface area contributed by atoms with E-state index in [0.717, 1.165) is 0 Å². The number of alkyl halides is 1. The van der Waals surface area contributed by atoms with Crippen LogP contribution in [0.1, 0.15) is 11.4 Å². The smallest absolute Gasteiger partial charge is 0.139 e. The largest absolute Gasteiger partial charge is 0.295 e. The first kappa shape index (κ1) is 14.5. The van der Waals surface area contributed by atoms with Gasteiger partial charge in [-0.15, -0.1) is 11.6 Å². The number of halogens is 4. The van der Waals surface area contributed by atoms with Crippen molar-refractivity contribution in [2.24, 2.45) is 0 Å². The highest BCUT2D eigenvalue weighted by molar-refractivity contribution is 9.10. The Hall–Kier alpha value is -1.46. The van der Waals surface area contributed by atoms with Crippen molar-refractivity contribution in [2.45, 2.75) is 12.8 Å². The van der Waals surface area contributed by atoms with E-state index in [1.54, 1.807) is 29.7 Å². The van der Waals surface area contributed by atoms with E-state index in [1.807, 2.05) is 0 Å². The number of aromatic nitrogens is 2. The highest BCUT2D eigenvalue weighted by Gasteiger charge is 2.15. The molecule has 0 saturated carbocycles. The number of hydrogen-bond acceptors (Lipinski definition) is 1. The van der Waals surface area contributed by atoms with Gasteiger partial charge >= 0.3 is 0 Å². The zero-order valence-electron chi connectivity index (χ0n) is 11.0. The first-order valence-corrected chi connectivity index (χ1v) is 7.53. The molecule has 1 aromatic heterocycles. The summed E-state index contributed by atoms with van der Waals surface area (Å²) in [4.78, 5) is 4.31. The maximum Gasteiger partial charge on any atom is 0.139 e. The second-order valence-electron chi connectivity index (χ2n) is 4.69. The Morgan fingerprint density at radius 3 is 2.62 bits per heavy atom. The maximum absolute atomic E-state index is 13.8. The molecule has 0 unspecified atom stereocenters. The van der Waals surface area contributed by atoms with Gasteiger partial charge in [0.1, 0.15) is 17.5 Å². The van der Waals surface area contributed by atoms with Gasteiger partial charge in [-0.3, -0.25) is 4.57 Å². The molecule has 1 heterocycles. The zero-order valence-corrected chi connectivity index (χ0v) is 13.3. The van der Waals surface area contributed by atoms with Crippen molar-refractivity contribution in [1.82, 2.24) is 9.55 Å². The van der Waals surface area contributed by atoms with Gasteiger partial charge in [0.15, 0.2) is 0 Å². The average molecular weight is 372 g/mol. The minimum Gasteiger partial charge on any atom is -0.295 e. The van der Waals surface area contributed by atoms with Crippen LogP contribution in [0.3, 0.4) is 0 Å². The van der Waals surface area contributed by atoms with Gasteiger partial charge in [-0.25, -0.2) is 13.8 Å². The molecule has 2 aromatic carbocycles. The van der Waals surface area contributed by atoms with E-state index in [-0.39, 0.29) is 11.7 Å². The molecular formula is C15H10BrClF2N2. The third-order valence-corrected chi connectivity index (χ3v) is 4.15. The maximum atomic E-state index is 13.8. The lowest BCUT2D eigenvalue weighted by Gasteiger charge is -2.09. The average Bonchev–Trinajstić information content (AvgIpc) is 2.80. The fraction of sp³-hybridized carbons (Fsp3) is 0.133. The van der Waals surface area contributed by atoms with Crippen LogP contribution in [0.25, 0.3) is 16.7 Å². The molecule has 0 spiro atoms. The number of aryl methyl sites for hydroxylation is 1. The van der Waals surface area contributed by atoms with Crippen LogP contribution in [0.2, 0.25) is 0 Å². The molecule has 2 nitrogen and oxygen atoms in total. The second kappa shape index (κ2) is 5.39. The predicted molar refractivity (Wildman–Crippen MR) is 83.0 cm³/mol. The molecule has 0 amide bonds. The van der Waals surface area contributed by atoms with Gasteiger partial charge in [0.2, 0.25) is 0 Å². The van der Waals surface area contributed by atoms with Gasteiger partial charge in [-0.1, -0.05) is 6.07 Å². The number of benzene rings is 2. The molecule has 0 fully saturated rings. The molecule has 0 bridgehead atoms. The number of imidazole rings is 1. The summed E-state index contributed by atoms with van der Waals surface area (Å²) in [7, 11) is 0. The van der Waals surface area contributed by atoms with Gasteiger partial charge in [-0.2, -0.15) is 0 Å². The normalized spacial score (nSPS) is 11.3. The lowest BCUT2D eigenvalue weighted by Crippen LogP contribution is -2.00. The van der Waals surface area contributed by atoms with Crippen LogP contribution in [0, 0.1) is 18.6 Å².